The van der Waals surface area contributed by atoms with Gasteiger partial charge in [-0.1, -0.05) is 55.3 Å². The second kappa shape index (κ2) is 9.85. The van der Waals surface area contributed by atoms with Gasteiger partial charge >= 0.3 is 0 Å². The highest BCUT2D eigenvalue weighted by molar-refractivity contribution is 7.18. The summed E-state index contributed by atoms with van der Waals surface area (Å²) in [5.74, 6) is -0.389. The molecule has 2 N–H and O–H groups in total. The van der Waals surface area contributed by atoms with Crippen LogP contribution in [0.25, 0.3) is 10.6 Å². The van der Waals surface area contributed by atoms with Gasteiger partial charge in [0, 0.05) is 22.9 Å². The minimum atomic E-state index is -0.654. The Kier molecular flexibility index (Phi) is 7.81. The molecular formula is C17H20Cl2N4O2S. The van der Waals surface area contributed by atoms with Crippen molar-refractivity contribution in [1.29, 1.82) is 0 Å². The van der Waals surface area contributed by atoms with Crippen molar-refractivity contribution in [3.05, 3.63) is 29.3 Å². The molecule has 9 heteroatoms. The van der Waals surface area contributed by atoms with Gasteiger partial charge in [0.15, 0.2) is 0 Å². The summed E-state index contributed by atoms with van der Waals surface area (Å²) in [4.78, 5) is 24.4. The quantitative estimate of drug-likeness (QED) is 0.640. The molecule has 0 saturated heterocycles. The molecule has 0 spiro atoms. The summed E-state index contributed by atoms with van der Waals surface area (Å²) < 4.78 is 0. The molecule has 2 aromatic rings. The molecule has 2 amide bonds. The van der Waals surface area contributed by atoms with Crippen molar-refractivity contribution in [2.24, 2.45) is 5.92 Å². The van der Waals surface area contributed by atoms with Gasteiger partial charge in [0.05, 0.1) is 0 Å². The number of hydrogen-bond acceptors (Lipinski definition) is 5. The van der Waals surface area contributed by atoms with Crippen LogP contribution >= 0.6 is 34.5 Å². The van der Waals surface area contributed by atoms with Crippen LogP contribution in [0.15, 0.2) is 24.3 Å². The molecule has 0 radical (unpaired) electrons. The van der Waals surface area contributed by atoms with Crippen molar-refractivity contribution in [2.75, 3.05) is 11.2 Å². The maximum Gasteiger partial charge on any atom is 0.249 e. The summed E-state index contributed by atoms with van der Waals surface area (Å²) in [5, 5.41) is 15.3. The predicted octanol–water partition coefficient (Wildman–Crippen LogP) is 3.96. The molecule has 0 unspecified atom stereocenters. The van der Waals surface area contributed by atoms with Crippen molar-refractivity contribution >= 4 is 51.5 Å². The Balaban J connectivity index is 2.08. The molecule has 1 aromatic heterocycles. The molecule has 140 valence electrons. The Morgan fingerprint density at radius 3 is 2.54 bits per heavy atom. The average Bonchev–Trinajstić information content (AvgIpc) is 3.08. The van der Waals surface area contributed by atoms with Crippen LogP contribution < -0.4 is 10.6 Å². The van der Waals surface area contributed by atoms with E-state index in [9.17, 15) is 9.59 Å². The highest BCUT2D eigenvalue weighted by Gasteiger charge is 2.26. The smallest absolute Gasteiger partial charge is 0.249 e. The summed E-state index contributed by atoms with van der Waals surface area (Å²) in [6.07, 6.45) is 0.909. The van der Waals surface area contributed by atoms with Crippen LogP contribution in [0.2, 0.25) is 5.02 Å². The first kappa shape index (κ1) is 20.6. The molecule has 0 saturated carbocycles. The number of halogens is 2. The van der Waals surface area contributed by atoms with Crippen molar-refractivity contribution < 1.29 is 9.59 Å². The third-order valence-electron chi connectivity index (χ3n) is 3.88. The number of amides is 2. The van der Waals surface area contributed by atoms with Crippen molar-refractivity contribution in [3.8, 4) is 10.6 Å². The average molecular weight is 415 g/mol. The van der Waals surface area contributed by atoms with Crippen LogP contribution in [0.3, 0.4) is 0 Å². The van der Waals surface area contributed by atoms with Crippen LogP contribution in [0.4, 0.5) is 5.13 Å². The highest BCUT2D eigenvalue weighted by Crippen LogP contribution is 2.27. The van der Waals surface area contributed by atoms with E-state index in [0.717, 1.165) is 12.0 Å². The molecule has 6 nitrogen and oxygen atoms in total. The van der Waals surface area contributed by atoms with E-state index < -0.39 is 6.04 Å². The lowest BCUT2D eigenvalue weighted by atomic mass is 9.98. The Hall–Kier alpha value is -1.70. The second-order valence-electron chi connectivity index (χ2n) is 5.78. The Morgan fingerprint density at radius 1 is 1.23 bits per heavy atom. The minimum absolute atomic E-state index is 0.0297. The molecule has 0 bridgehead atoms. The van der Waals surface area contributed by atoms with Crippen LogP contribution in [0, 0.1) is 5.92 Å². The van der Waals surface area contributed by atoms with E-state index in [0.29, 0.717) is 15.2 Å². The molecule has 0 aliphatic heterocycles. The molecule has 26 heavy (non-hydrogen) atoms. The third kappa shape index (κ3) is 5.65. The predicted molar refractivity (Wildman–Crippen MR) is 106 cm³/mol. The number of rotatable bonds is 8. The normalized spacial score (nSPS) is 13.1. The fourth-order valence-electron chi connectivity index (χ4n) is 2.20. The van der Waals surface area contributed by atoms with Gasteiger partial charge in [-0.05, 0) is 18.1 Å². The van der Waals surface area contributed by atoms with Crippen molar-refractivity contribution in [3.63, 3.8) is 0 Å². The largest absolute Gasteiger partial charge is 0.344 e. The van der Waals surface area contributed by atoms with E-state index in [4.69, 9.17) is 23.2 Å². The highest BCUT2D eigenvalue weighted by atomic mass is 35.5. The summed E-state index contributed by atoms with van der Waals surface area (Å²) >= 11 is 12.7. The zero-order valence-electron chi connectivity index (χ0n) is 14.5. The maximum atomic E-state index is 12.6. The lowest BCUT2D eigenvalue weighted by Crippen LogP contribution is -2.47. The second-order valence-corrected chi connectivity index (χ2v) is 7.57. The van der Waals surface area contributed by atoms with E-state index in [2.05, 4.69) is 20.8 Å². The van der Waals surface area contributed by atoms with Gasteiger partial charge in [0.1, 0.15) is 11.0 Å². The lowest BCUT2D eigenvalue weighted by molar-refractivity contribution is -0.127. The van der Waals surface area contributed by atoms with Crippen molar-refractivity contribution in [1.82, 2.24) is 15.5 Å². The number of carbonyl (C=O) groups excluding carboxylic acids is 2. The fraction of sp³-hybridized carbons (Fsp3) is 0.412. The number of hydrogen-bond donors (Lipinski definition) is 2. The maximum absolute atomic E-state index is 12.6. The number of nitrogens with zero attached hydrogens (tertiary/aromatic N) is 2. The molecule has 2 atom stereocenters. The molecular weight excluding hydrogens is 395 g/mol. The number of aromatic nitrogens is 2. The van der Waals surface area contributed by atoms with Crippen LogP contribution in [-0.2, 0) is 9.59 Å². The van der Waals surface area contributed by atoms with E-state index >= 15 is 0 Å². The van der Waals surface area contributed by atoms with Crippen LogP contribution in [0.1, 0.15) is 26.7 Å². The van der Waals surface area contributed by atoms with E-state index in [1.165, 1.54) is 11.3 Å². The standard InChI is InChI=1S/C17H20Cl2N4O2S/c1-3-10(2)14(20-13(24)8-9-18)15(25)21-17-23-22-16(26-17)11-4-6-12(19)7-5-11/h4-7,10,14H,3,8-9H2,1-2H3,(H,20,24)(H,21,23,25)/t10-,14+/m1/s1. The van der Waals surface area contributed by atoms with Gasteiger partial charge < -0.3 is 5.32 Å². The summed E-state index contributed by atoms with van der Waals surface area (Å²) in [7, 11) is 0. The molecule has 0 aliphatic rings. The topological polar surface area (TPSA) is 84.0 Å². The first-order chi connectivity index (χ1) is 12.4. The number of nitrogens with one attached hydrogen (secondary N) is 2. The van der Waals surface area contributed by atoms with Gasteiger partial charge in [-0.2, -0.15) is 0 Å². The zero-order chi connectivity index (χ0) is 19.1. The van der Waals surface area contributed by atoms with Gasteiger partial charge in [-0.3, -0.25) is 14.9 Å². The summed E-state index contributed by atoms with van der Waals surface area (Å²) in [6, 6.07) is 6.55. The van der Waals surface area contributed by atoms with Crippen molar-refractivity contribution in [2.45, 2.75) is 32.7 Å². The fourth-order valence-corrected chi connectivity index (χ4v) is 3.25. The monoisotopic (exact) mass is 414 g/mol. The van der Waals surface area contributed by atoms with Crippen LogP contribution in [-0.4, -0.2) is 33.9 Å². The van der Waals surface area contributed by atoms with E-state index in [1.54, 1.807) is 12.1 Å². The number of benzene rings is 1. The molecule has 2 rings (SSSR count). The molecule has 0 fully saturated rings. The Labute approximate surface area is 166 Å². The lowest BCUT2D eigenvalue weighted by Gasteiger charge is -2.22. The third-order valence-corrected chi connectivity index (χ3v) is 5.21. The Bertz CT molecular complexity index is 751. The molecule has 0 aliphatic carbocycles. The number of carbonyl (C=O) groups is 2. The summed E-state index contributed by atoms with van der Waals surface area (Å²) in [6.45, 7) is 3.87. The SMILES string of the molecule is CC[C@@H](C)[C@H](NC(=O)CCCl)C(=O)Nc1nnc(-c2ccc(Cl)cc2)s1. The molecule has 1 heterocycles. The first-order valence-electron chi connectivity index (χ1n) is 8.20. The van der Waals surface area contributed by atoms with E-state index in [1.807, 2.05) is 26.0 Å². The number of anilines is 1. The van der Waals surface area contributed by atoms with Gasteiger partial charge in [-0.15, -0.1) is 21.8 Å². The van der Waals surface area contributed by atoms with Gasteiger partial charge in [0.2, 0.25) is 16.9 Å². The first-order valence-corrected chi connectivity index (χ1v) is 9.93. The minimum Gasteiger partial charge on any atom is -0.344 e. The van der Waals surface area contributed by atoms with E-state index in [-0.39, 0.29) is 30.0 Å². The molecule has 1 aromatic carbocycles. The number of alkyl halides is 1. The Morgan fingerprint density at radius 2 is 1.92 bits per heavy atom. The van der Waals surface area contributed by atoms with Crippen LogP contribution in [0.5, 0.6) is 0 Å². The van der Waals surface area contributed by atoms with Gasteiger partial charge in [0.25, 0.3) is 0 Å². The van der Waals surface area contributed by atoms with Gasteiger partial charge in [-0.25, -0.2) is 0 Å². The summed E-state index contributed by atoms with van der Waals surface area (Å²) in [5.41, 5.74) is 0.862. The zero-order valence-corrected chi connectivity index (χ0v) is 16.8.